The highest BCUT2D eigenvalue weighted by molar-refractivity contribution is 7.14. The summed E-state index contributed by atoms with van der Waals surface area (Å²) in [6, 6.07) is 10.7. The van der Waals surface area contributed by atoms with Crippen LogP contribution in [0.2, 0.25) is 0 Å². The molecular weight excluding hydrogens is 344 g/mol. The number of anilines is 2. The molecule has 1 aromatic heterocycles. The molecule has 25 heavy (non-hydrogen) atoms. The number of carbonyl (C=O) groups is 1. The van der Waals surface area contributed by atoms with E-state index in [-0.39, 0.29) is 22.3 Å². The van der Waals surface area contributed by atoms with Crippen LogP contribution >= 0.6 is 11.3 Å². The molecule has 0 unspecified atom stereocenters. The molecule has 0 radical (unpaired) electrons. The molecule has 0 fully saturated rings. The lowest BCUT2D eigenvalue weighted by molar-refractivity contribution is 0.102. The van der Waals surface area contributed by atoms with Gasteiger partial charge in [0.25, 0.3) is 5.91 Å². The van der Waals surface area contributed by atoms with E-state index in [2.05, 4.69) is 10.3 Å². The van der Waals surface area contributed by atoms with E-state index in [1.165, 1.54) is 23.6 Å². The Hall–Kier alpha value is -2.80. The predicted molar refractivity (Wildman–Crippen MR) is 96.2 cm³/mol. The van der Waals surface area contributed by atoms with E-state index >= 15 is 0 Å². The van der Waals surface area contributed by atoms with Crippen LogP contribution in [0.15, 0.2) is 47.8 Å². The summed E-state index contributed by atoms with van der Waals surface area (Å²) in [6.07, 6.45) is 0. The lowest BCUT2D eigenvalue weighted by atomic mass is 10.1. The summed E-state index contributed by atoms with van der Waals surface area (Å²) in [5.74, 6) is -1.72. The third kappa shape index (κ3) is 3.66. The van der Waals surface area contributed by atoms with Gasteiger partial charge in [0.05, 0.1) is 11.3 Å². The molecule has 0 spiro atoms. The first kappa shape index (κ1) is 17.0. The molecule has 128 valence electrons. The van der Waals surface area contributed by atoms with Gasteiger partial charge in [0.1, 0.15) is 11.6 Å². The molecule has 2 aromatic carbocycles. The Bertz CT molecular complexity index is 887. The van der Waals surface area contributed by atoms with Crippen molar-refractivity contribution in [3.05, 3.63) is 65.0 Å². The van der Waals surface area contributed by atoms with Crippen molar-refractivity contribution in [3.63, 3.8) is 0 Å². The number of aromatic nitrogens is 1. The third-order valence-corrected chi connectivity index (χ3v) is 4.35. The van der Waals surface area contributed by atoms with E-state index in [1.807, 2.05) is 31.1 Å². The van der Waals surface area contributed by atoms with E-state index in [9.17, 15) is 13.6 Å². The van der Waals surface area contributed by atoms with Crippen molar-refractivity contribution in [3.8, 4) is 11.3 Å². The van der Waals surface area contributed by atoms with E-state index in [4.69, 9.17) is 0 Å². The minimum atomic E-state index is -0.692. The van der Waals surface area contributed by atoms with Crippen molar-refractivity contribution < 1.29 is 13.6 Å². The van der Waals surface area contributed by atoms with E-state index in [0.29, 0.717) is 5.56 Å². The van der Waals surface area contributed by atoms with Gasteiger partial charge in [0.15, 0.2) is 5.13 Å². The number of benzene rings is 2. The highest BCUT2D eigenvalue weighted by Gasteiger charge is 2.15. The SMILES string of the molecule is CN(C)c1ccc(C(=O)Nc2nc(-c3c(F)cccc3F)cs2)cc1. The molecule has 0 saturated carbocycles. The maximum Gasteiger partial charge on any atom is 0.257 e. The fourth-order valence-electron chi connectivity index (χ4n) is 2.27. The Morgan fingerprint density at radius 2 is 1.72 bits per heavy atom. The first-order valence-corrected chi connectivity index (χ1v) is 8.32. The van der Waals surface area contributed by atoms with Crippen LogP contribution in [0, 0.1) is 11.6 Å². The van der Waals surface area contributed by atoms with Crippen LogP contribution in [-0.4, -0.2) is 25.0 Å². The monoisotopic (exact) mass is 359 g/mol. The Balaban J connectivity index is 1.78. The summed E-state index contributed by atoms with van der Waals surface area (Å²) >= 11 is 1.11. The molecule has 3 aromatic rings. The number of hydrogen-bond acceptors (Lipinski definition) is 4. The third-order valence-electron chi connectivity index (χ3n) is 3.59. The van der Waals surface area contributed by atoms with Crippen molar-refractivity contribution in [2.24, 2.45) is 0 Å². The summed E-state index contributed by atoms with van der Waals surface area (Å²) < 4.78 is 27.6. The average Bonchev–Trinajstić information content (AvgIpc) is 3.02. The second-order valence-electron chi connectivity index (χ2n) is 5.53. The second-order valence-corrected chi connectivity index (χ2v) is 6.39. The number of hydrogen-bond donors (Lipinski definition) is 1. The van der Waals surface area contributed by atoms with Gasteiger partial charge in [-0.25, -0.2) is 13.8 Å². The molecule has 1 amide bonds. The lowest BCUT2D eigenvalue weighted by Gasteiger charge is -2.12. The first-order valence-electron chi connectivity index (χ1n) is 7.44. The number of halogens is 2. The lowest BCUT2D eigenvalue weighted by Crippen LogP contribution is -2.13. The zero-order chi connectivity index (χ0) is 18.0. The van der Waals surface area contributed by atoms with Crippen LogP contribution in [0.4, 0.5) is 19.6 Å². The molecule has 4 nitrogen and oxygen atoms in total. The quantitative estimate of drug-likeness (QED) is 0.751. The van der Waals surface area contributed by atoms with Crippen molar-refractivity contribution in [1.29, 1.82) is 0 Å². The summed E-state index contributed by atoms with van der Waals surface area (Å²) in [6.45, 7) is 0. The summed E-state index contributed by atoms with van der Waals surface area (Å²) in [7, 11) is 3.82. The van der Waals surface area contributed by atoms with Gasteiger partial charge in [-0.3, -0.25) is 10.1 Å². The topological polar surface area (TPSA) is 45.2 Å². The number of carbonyl (C=O) groups excluding carboxylic acids is 1. The summed E-state index contributed by atoms with van der Waals surface area (Å²) in [5.41, 5.74) is 1.40. The largest absolute Gasteiger partial charge is 0.378 e. The fraction of sp³-hybridized carbons (Fsp3) is 0.111. The van der Waals surface area contributed by atoms with E-state index < -0.39 is 11.6 Å². The highest BCUT2D eigenvalue weighted by Crippen LogP contribution is 2.29. The highest BCUT2D eigenvalue weighted by atomic mass is 32.1. The van der Waals surface area contributed by atoms with E-state index in [0.717, 1.165) is 17.0 Å². The Morgan fingerprint density at radius 3 is 2.32 bits per heavy atom. The summed E-state index contributed by atoms with van der Waals surface area (Å²) in [4.78, 5) is 18.3. The van der Waals surface area contributed by atoms with Gasteiger partial charge in [-0.15, -0.1) is 11.3 Å². The molecular formula is C18H15F2N3OS. The van der Waals surface area contributed by atoms with Crippen LogP contribution in [0.1, 0.15) is 10.4 Å². The standard InChI is InChI=1S/C18H15F2N3OS/c1-23(2)12-8-6-11(7-9-12)17(24)22-18-21-15(10-25-18)16-13(19)4-3-5-14(16)20/h3-10H,1-2H3,(H,21,22,24). The molecule has 7 heteroatoms. The molecule has 1 N–H and O–H groups in total. The van der Waals surface area contributed by atoms with Crippen molar-refractivity contribution >= 4 is 28.1 Å². The summed E-state index contributed by atoms with van der Waals surface area (Å²) in [5, 5.41) is 4.43. The molecule has 0 aliphatic carbocycles. The van der Waals surface area contributed by atoms with Gasteiger partial charge in [-0.1, -0.05) is 6.07 Å². The molecule has 0 aliphatic rings. The molecule has 3 rings (SSSR count). The molecule has 0 bridgehead atoms. The molecule has 0 saturated heterocycles. The normalized spacial score (nSPS) is 10.6. The van der Waals surface area contributed by atoms with Crippen molar-refractivity contribution in [2.75, 3.05) is 24.3 Å². The van der Waals surface area contributed by atoms with Gasteiger partial charge in [0.2, 0.25) is 0 Å². The van der Waals surface area contributed by atoms with Crippen LogP contribution in [-0.2, 0) is 0 Å². The predicted octanol–water partition coefficient (Wildman–Crippen LogP) is 4.41. The molecule has 0 aliphatic heterocycles. The molecule has 0 atom stereocenters. The maximum absolute atomic E-state index is 13.8. The van der Waals surface area contributed by atoms with Gasteiger partial charge >= 0.3 is 0 Å². The first-order chi connectivity index (χ1) is 12.0. The van der Waals surface area contributed by atoms with Gasteiger partial charge in [-0.2, -0.15) is 0 Å². The van der Waals surface area contributed by atoms with Crippen LogP contribution in [0.5, 0.6) is 0 Å². The van der Waals surface area contributed by atoms with Gasteiger partial charge in [-0.05, 0) is 36.4 Å². The number of thiazole rings is 1. The second kappa shape index (κ2) is 6.98. The number of amides is 1. The Morgan fingerprint density at radius 1 is 1.08 bits per heavy atom. The minimum absolute atomic E-state index is 0.152. The van der Waals surface area contributed by atoms with Crippen molar-refractivity contribution in [2.45, 2.75) is 0 Å². The fourth-order valence-corrected chi connectivity index (χ4v) is 2.97. The average molecular weight is 359 g/mol. The van der Waals surface area contributed by atoms with E-state index in [1.54, 1.807) is 12.1 Å². The zero-order valence-corrected chi connectivity index (χ0v) is 14.4. The number of rotatable bonds is 4. The number of nitrogens with zero attached hydrogens (tertiary/aromatic N) is 2. The zero-order valence-electron chi connectivity index (χ0n) is 13.6. The van der Waals surface area contributed by atoms with Crippen molar-refractivity contribution in [1.82, 2.24) is 4.98 Å². The Labute approximate surface area is 147 Å². The van der Waals surface area contributed by atoms with Gasteiger partial charge < -0.3 is 4.90 Å². The van der Waals surface area contributed by atoms with Crippen LogP contribution < -0.4 is 10.2 Å². The van der Waals surface area contributed by atoms with Crippen LogP contribution in [0.3, 0.4) is 0 Å². The maximum atomic E-state index is 13.8. The smallest absolute Gasteiger partial charge is 0.257 e. The Kier molecular flexibility index (Phi) is 4.76. The number of nitrogens with one attached hydrogen (secondary N) is 1. The minimum Gasteiger partial charge on any atom is -0.378 e. The van der Waals surface area contributed by atoms with Crippen LogP contribution in [0.25, 0.3) is 11.3 Å². The molecule has 1 heterocycles. The van der Waals surface area contributed by atoms with Gasteiger partial charge in [0, 0.05) is 30.7 Å².